The van der Waals surface area contributed by atoms with Gasteiger partial charge in [-0.2, -0.15) is 5.10 Å². The Kier molecular flexibility index (Phi) is 6.37. The van der Waals surface area contributed by atoms with E-state index in [2.05, 4.69) is 33.5 Å². The number of aromatic nitrogens is 3. The Balaban J connectivity index is 1.45. The van der Waals surface area contributed by atoms with Gasteiger partial charge in [-0.15, -0.1) is 0 Å². The summed E-state index contributed by atoms with van der Waals surface area (Å²) in [6, 6.07) is 6.25. The lowest BCUT2D eigenvalue weighted by Crippen LogP contribution is -2.40. The summed E-state index contributed by atoms with van der Waals surface area (Å²) in [5, 5.41) is 7.70. The molecule has 30 heavy (non-hydrogen) atoms. The van der Waals surface area contributed by atoms with Gasteiger partial charge in [-0.1, -0.05) is 30.2 Å². The fourth-order valence-electron chi connectivity index (χ4n) is 4.64. The van der Waals surface area contributed by atoms with Crippen LogP contribution in [0.4, 0.5) is 0 Å². The van der Waals surface area contributed by atoms with Crippen LogP contribution in [0.1, 0.15) is 60.5 Å². The van der Waals surface area contributed by atoms with Crippen LogP contribution < -0.4 is 11.0 Å². The molecule has 2 aliphatic heterocycles. The van der Waals surface area contributed by atoms with E-state index in [0.717, 1.165) is 43.6 Å². The van der Waals surface area contributed by atoms with Gasteiger partial charge in [-0.05, 0) is 63.7 Å². The molecular weight excluding hydrogens is 378 g/mol. The number of aryl methyl sites for hydroxylation is 2. The number of rotatable bonds is 6. The maximum atomic E-state index is 12.9. The molecule has 1 amide bonds. The van der Waals surface area contributed by atoms with Crippen LogP contribution in [0.3, 0.4) is 0 Å². The second kappa shape index (κ2) is 9.16. The largest absolute Gasteiger partial charge is 0.354 e. The number of piperidine rings is 1. The topological polar surface area (TPSA) is 72.2 Å². The van der Waals surface area contributed by atoms with Gasteiger partial charge in [0, 0.05) is 19.6 Å². The highest BCUT2D eigenvalue weighted by Gasteiger charge is 2.31. The predicted octanol–water partition coefficient (Wildman–Crippen LogP) is 2.19. The number of nitrogens with zero attached hydrogens (tertiary/aromatic N) is 4. The molecule has 2 aromatic rings. The highest BCUT2D eigenvalue weighted by Crippen LogP contribution is 2.25. The van der Waals surface area contributed by atoms with Crippen molar-refractivity contribution < 1.29 is 4.79 Å². The Morgan fingerprint density at radius 2 is 1.93 bits per heavy atom. The van der Waals surface area contributed by atoms with Gasteiger partial charge in [0.15, 0.2) is 0 Å². The van der Waals surface area contributed by atoms with E-state index in [4.69, 9.17) is 0 Å². The Morgan fingerprint density at radius 1 is 1.13 bits per heavy atom. The molecule has 7 heteroatoms. The molecule has 0 spiro atoms. The highest BCUT2D eigenvalue weighted by molar-refractivity contribution is 5.82. The van der Waals surface area contributed by atoms with Crippen LogP contribution in [-0.4, -0.2) is 51.3 Å². The van der Waals surface area contributed by atoms with Crippen LogP contribution in [-0.2, 0) is 17.9 Å². The molecule has 1 atom stereocenters. The van der Waals surface area contributed by atoms with E-state index in [1.165, 1.54) is 29.5 Å². The zero-order valence-electron chi connectivity index (χ0n) is 18.2. The second-order valence-corrected chi connectivity index (χ2v) is 8.77. The van der Waals surface area contributed by atoms with Crippen molar-refractivity contribution >= 4 is 5.91 Å². The van der Waals surface area contributed by atoms with Crippen LogP contribution in [0.5, 0.6) is 0 Å². The third-order valence-corrected chi connectivity index (χ3v) is 6.45. The number of nitrogens with one attached hydrogen (secondary N) is 1. The first-order chi connectivity index (χ1) is 14.5. The summed E-state index contributed by atoms with van der Waals surface area (Å²) in [4.78, 5) is 28.2. The molecule has 1 aromatic carbocycles. The molecule has 1 aromatic heterocycles. The van der Waals surface area contributed by atoms with Gasteiger partial charge in [-0.25, -0.2) is 9.48 Å². The van der Waals surface area contributed by atoms with Crippen LogP contribution in [0.25, 0.3) is 0 Å². The third-order valence-electron chi connectivity index (χ3n) is 6.45. The minimum Gasteiger partial charge on any atom is -0.354 e. The number of carbonyl (C=O) groups is 1. The smallest absolute Gasteiger partial charge is 0.346 e. The molecule has 1 unspecified atom stereocenters. The normalized spacial score (nSPS) is 19.5. The van der Waals surface area contributed by atoms with Gasteiger partial charge in [0.05, 0.1) is 12.5 Å². The fourth-order valence-corrected chi connectivity index (χ4v) is 4.64. The molecule has 162 valence electrons. The molecule has 2 aliphatic rings. The van der Waals surface area contributed by atoms with Crippen LogP contribution in [0.2, 0.25) is 0 Å². The highest BCUT2D eigenvalue weighted by atomic mass is 16.2. The van der Waals surface area contributed by atoms with E-state index in [1.54, 1.807) is 4.57 Å². The van der Waals surface area contributed by atoms with Crippen molar-refractivity contribution in [2.75, 3.05) is 26.2 Å². The molecule has 4 rings (SSSR count). The average Bonchev–Trinajstić information content (AvgIpc) is 3.07. The summed E-state index contributed by atoms with van der Waals surface area (Å²) < 4.78 is 3.22. The van der Waals surface area contributed by atoms with Crippen molar-refractivity contribution in [2.45, 2.75) is 65.0 Å². The lowest BCUT2D eigenvalue weighted by Gasteiger charge is -2.27. The van der Waals surface area contributed by atoms with Crippen LogP contribution >= 0.6 is 0 Å². The molecule has 1 fully saturated rings. The van der Waals surface area contributed by atoms with E-state index in [-0.39, 0.29) is 17.5 Å². The molecule has 0 saturated carbocycles. The molecule has 0 radical (unpaired) electrons. The molecule has 3 heterocycles. The molecule has 0 bridgehead atoms. The first kappa shape index (κ1) is 20.8. The van der Waals surface area contributed by atoms with Gasteiger partial charge >= 0.3 is 5.69 Å². The van der Waals surface area contributed by atoms with Gasteiger partial charge in [-0.3, -0.25) is 9.36 Å². The maximum absolute atomic E-state index is 12.9. The number of benzene rings is 1. The number of hydrogen-bond donors (Lipinski definition) is 1. The molecule has 1 saturated heterocycles. The summed E-state index contributed by atoms with van der Waals surface area (Å²) in [5.74, 6) is 0.275. The zero-order valence-corrected chi connectivity index (χ0v) is 18.2. The van der Waals surface area contributed by atoms with Crippen molar-refractivity contribution in [3.8, 4) is 0 Å². The van der Waals surface area contributed by atoms with Crippen molar-refractivity contribution in [1.82, 2.24) is 24.6 Å². The maximum Gasteiger partial charge on any atom is 0.346 e. The van der Waals surface area contributed by atoms with Gasteiger partial charge < -0.3 is 10.2 Å². The van der Waals surface area contributed by atoms with E-state index < -0.39 is 0 Å². The van der Waals surface area contributed by atoms with Gasteiger partial charge in [0.2, 0.25) is 5.91 Å². The lowest BCUT2D eigenvalue weighted by molar-refractivity contribution is -0.123. The minimum absolute atomic E-state index is 0.00292. The Labute approximate surface area is 178 Å². The second-order valence-electron chi connectivity index (χ2n) is 8.77. The summed E-state index contributed by atoms with van der Waals surface area (Å²) in [6.45, 7) is 8.98. The standard InChI is InChI=1S/C23H33N5O2/c1-17-8-9-18(2)19(15-17)16-28-23(30)27-13-6-7-20(21(27)25-28)22(29)24-10-14-26-11-4-3-5-12-26/h8-9,15,20H,3-7,10-14,16H2,1-2H3,(H,24,29). The number of hydrogen-bond acceptors (Lipinski definition) is 4. The summed E-state index contributed by atoms with van der Waals surface area (Å²) >= 11 is 0. The number of fused-ring (bicyclic) bond motifs is 1. The van der Waals surface area contributed by atoms with Gasteiger partial charge in [0.25, 0.3) is 0 Å². The number of likely N-dealkylation sites (tertiary alicyclic amines) is 1. The third kappa shape index (κ3) is 4.51. The van der Waals surface area contributed by atoms with E-state index in [0.29, 0.717) is 25.5 Å². The van der Waals surface area contributed by atoms with Crippen molar-refractivity contribution in [2.24, 2.45) is 0 Å². The Morgan fingerprint density at radius 3 is 2.73 bits per heavy atom. The quantitative estimate of drug-likeness (QED) is 0.791. The zero-order chi connectivity index (χ0) is 21.1. The molecule has 7 nitrogen and oxygen atoms in total. The fraction of sp³-hybridized carbons (Fsp3) is 0.609. The average molecular weight is 412 g/mol. The van der Waals surface area contributed by atoms with Gasteiger partial charge in [0.1, 0.15) is 5.82 Å². The van der Waals surface area contributed by atoms with E-state index >= 15 is 0 Å². The Bertz CT molecular complexity index is 955. The number of carbonyl (C=O) groups excluding carboxylic acids is 1. The van der Waals surface area contributed by atoms with Crippen molar-refractivity contribution in [3.05, 3.63) is 51.2 Å². The van der Waals surface area contributed by atoms with Crippen LogP contribution in [0, 0.1) is 13.8 Å². The SMILES string of the molecule is Cc1ccc(C)c(Cn2nc3n(c2=O)CCCC3C(=O)NCCN2CCCCC2)c1. The summed E-state index contributed by atoms with van der Waals surface area (Å²) in [6.07, 6.45) is 5.39. The van der Waals surface area contributed by atoms with Crippen molar-refractivity contribution in [1.29, 1.82) is 0 Å². The molecular formula is C23H33N5O2. The van der Waals surface area contributed by atoms with Crippen LogP contribution in [0.15, 0.2) is 23.0 Å². The predicted molar refractivity (Wildman–Crippen MR) is 117 cm³/mol. The Hall–Kier alpha value is -2.41. The first-order valence-electron chi connectivity index (χ1n) is 11.3. The monoisotopic (exact) mass is 411 g/mol. The molecule has 1 N–H and O–H groups in total. The molecule has 0 aliphatic carbocycles. The summed E-state index contributed by atoms with van der Waals surface area (Å²) in [5.41, 5.74) is 3.29. The first-order valence-corrected chi connectivity index (χ1v) is 11.3. The summed E-state index contributed by atoms with van der Waals surface area (Å²) in [7, 11) is 0. The van der Waals surface area contributed by atoms with Crippen molar-refractivity contribution in [3.63, 3.8) is 0 Å². The lowest BCUT2D eigenvalue weighted by atomic mass is 9.98. The number of amides is 1. The van der Waals surface area contributed by atoms with E-state index in [1.807, 2.05) is 13.8 Å². The van der Waals surface area contributed by atoms with E-state index in [9.17, 15) is 9.59 Å². The minimum atomic E-state index is -0.340.